The van der Waals surface area contributed by atoms with Gasteiger partial charge >= 0.3 is 0 Å². The molecule has 7 heteroatoms. The van der Waals surface area contributed by atoms with Crippen molar-refractivity contribution in [3.05, 3.63) is 6.07 Å². The van der Waals surface area contributed by atoms with Crippen LogP contribution in [0.4, 0.5) is 11.8 Å². The summed E-state index contributed by atoms with van der Waals surface area (Å²) >= 11 is 0. The molecule has 0 bridgehead atoms. The lowest BCUT2D eigenvalue weighted by Crippen LogP contribution is -2.26. The number of hydrogen-bond acceptors (Lipinski definition) is 6. The van der Waals surface area contributed by atoms with E-state index >= 15 is 0 Å². The predicted molar refractivity (Wildman–Crippen MR) is 60.5 cm³/mol. The van der Waals surface area contributed by atoms with Crippen LogP contribution in [0.2, 0.25) is 0 Å². The topological polar surface area (TPSA) is 102 Å². The second kappa shape index (κ2) is 4.54. The predicted octanol–water partition coefficient (Wildman–Crippen LogP) is -0.587. The molecule has 1 amide bonds. The fourth-order valence-electron chi connectivity index (χ4n) is 1.80. The summed E-state index contributed by atoms with van der Waals surface area (Å²) in [5.41, 5.74) is 5.53. The SMILES string of the molecule is COc1cc(N2CC(CO)CC2=O)nc(N)n1. The Morgan fingerprint density at radius 1 is 1.65 bits per heavy atom. The fourth-order valence-corrected chi connectivity index (χ4v) is 1.80. The molecule has 7 nitrogen and oxygen atoms in total. The zero-order chi connectivity index (χ0) is 12.4. The number of aliphatic hydroxyl groups is 1. The smallest absolute Gasteiger partial charge is 0.228 e. The molecule has 1 aromatic heterocycles. The van der Waals surface area contributed by atoms with Crippen molar-refractivity contribution in [1.29, 1.82) is 0 Å². The van der Waals surface area contributed by atoms with Gasteiger partial charge in [0.25, 0.3) is 0 Å². The molecule has 2 heterocycles. The molecule has 0 spiro atoms. The van der Waals surface area contributed by atoms with Gasteiger partial charge in [-0.1, -0.05) is 0 Å². The van der Waals surface area contributed by atoms with Crippen molar-refractivity contribution in [3.63, 3.8) is 0 Å². The molecule has 1 aliphatic rings. The quantitative estimate of drug-likeness (QED) is 0.730. The second-order valence-electron chi connectivity index (χ2n) is 3.88. The first-order valence-electron chi connectivity index (χ1n) is 5.23. The van der Waals surface area contributed by atoms with Gasteiger partial charge in [-0.15, -0.1) is 0 Å². The Kier molecular flexibility index (Phi) is 3.10. The van der Waals surface area contributed by atoms with Crippen LogP contribution in [0.15, 0.2) is 6.07 Å². The number of anilines is 2. The van der Waals surface area contributed by atoms with Gasteiger partial charge in [-0.05, 0) is 0 Å². The van der Waals surface area contributed by atoms with Crippen LogP contribution in [0.25, 0.3) is 0 Å². The number of carbonyl (C=O) groups is 1. The molecule has 0 radical (unpaired) electrons. The van der Waals surface area contributed by atoms with Crippen LogP contribution < -0.4 is 15.4 Å². The minimum Gasteiger partial charge on any atom is -0.481 e. The Hall–Kier alpha value is -1.89. The van der Waals surface area contributed by atoms with Gasteiger partial charge < -0.3 is 15.6 Å². The summed E-state index contributed by atoms with van der Waals surface area (Å²) in [5, 5.41) is 9.04. The van der Waals surface area contributed by atoms with E-state index in [2.05, 4.69) is 9.97 Å². The van der Waals surface area contributed by atoms with E-state index in [4.69, 9.17) is 15.6 Å². The number of nitrogens with two attached hydrogens (primary N) is 1. The van der Waals surface area contributed by atoms with Crippen molar-refractivity contribution < 1.29 is 14.6 Å². The van der Waals surface area contributed by atoms with Crippen molar-refractivity contribution in [2.45, 2.75) is 6.42 Å². The summed E-state index contributed by atoms with van der Waals surface area (Å²) in [6.07, 6.45) is 0.322. The summed E-state index contributed by atoms with van der Waals surface area (Å²) in [7, 11) is 1.47. The lowest BCUT2D eigenvalue weighted by molar-refractivity contribution is -0.117. The average molecular weight is 238 g/mol. The number of nitrogens with zero attached hydrogens (tertiary/aromatic N) is 3. The highest BCUT2D eigenvalue weighted by atomic mass is 16.5. The minimum atomic E-state index is -0.0794. The maximum Gasteiger partial charge on any atom is 0.228 e. The molecular formula is C10H14N4O3. The van der Waals surface area contributed by atoms with E-state index in [9.17, 15) is 4.79 Å². The lowest BCUT2D eigenvalue weighted by Gasteiger charge is -2.15. The van der Waals surface area contributed by atoms with Crippen molar-refractivity contribution >= 4 is 17.7 Å². The van der Waals surface area contributed by atoms with Gasteiger partial charge in [0.2, 0.25) is 17.7 Å². The molecule has 1 atom stereocenters. The highest BCUT2D eigenvalue weighted by Crippen LogP contribution is 2.25. The van der Waals surface area contributed by atoms with Crippen LogP contribution in [-0.4, -0.2) is 41.2 Å². The lowest BCUT2D eigenvalue weighted by atomic mass is 10.1. The van der Waals surface area contributed by atoms with Crippen molar-refractivity contribution in [2.75, 3.05) is 30.9 Å². The molecule has 2 rings (SSSR count). The van der Waals surface area contributed by atoms with Crippen molar-refractivity contribution in [1.82, 2.24) is 9.97 Å². The summed E-state index contributed by atoms with van der Waals surface area (Å²) in [6, 6.07) is 1.55. The third kappa shape index (κ3) is 2.28. The van der Waals surface area contributed by atoms with E-state index < -0.39 is 0 Å². The van der Waals surface area contributed by atoms with Crippen molar-refractivity contribution in [2.24, 2.45) is 5.92 Å². The van der Waals surface area contributed by atoms with E-state index in [0.717, 1.165) is 0 Å². The van der Waals surface area contributed by atoms with Gasteiger partial charge in [0.15, 0.2) is 0 Å². The number of aliphatic hydroxyl groups excluding tert-OH is 1. The van der Waals surface area contributed by atoms with E-state index in [0.29, 0.717) is 24.7 Å². The molecule has 0 aliphatic carbocycles. The van der Waals surface area contributed by atoms with Gasteiger partial charge in [-0.25, -0.2) is 0 Å². The third-order valence-electron chi connectivity index (χ3n) is 2.66. The average Bonchev–Trinajstić information content (AvgIpc) is 2.69. The Morgan fingerprint density at radius 2 is 2.41 bits per heavy atom. The molecule has 1 fully saturated rings. The van der Waals surface area contributed by atoms with Gasteiger partial charge in [-0.2, -0.15) is 9.97 Å². The van der Waals surface area contributed by atoms with Crippen molar-refractivity contribution in [3.8, 4) is 5.88 Å². The van der Waals surface area contributed by atoms with Crippen LogP contribution in [0.3, 0.4) is 0 Å². The first-order chi connectivity index (χ1) is 8.13. The van der Waals surface area contributed by atoms with Crippen LogP contribution in [0, 0.1) is 5.92 Å². The number of carbonyl (C=O) groups excluding carboxylic acids is 1. The summed E-state index contributed by atoms with van der Waals surface area (Å²) in [5.74, 6) is 0.650. The first-order valence-corrected chi connectivity index (χ1v) is 5.23. The molecule has 3 N–H and O–H groups in total. The monoisotopic (exact) mass is 238 g/mol. The number of methoxy groups -OCH3 is 1. The summed E-state index contributed by atoms with van der Waals surface area (Å²) in [6.45, 7) is 0.425. The highest BCUT2D eigenvalue weighted by molar-refractivity contribution is 5.95. The number of aromatic nitrogens is 2. The largest absolute Gasteiger partial charge is 0.481 e. The number of rotatable bonds is 3. The molecule has 0 aromatic carbocycles. The summed E-state index contributed by atoms with van der Waals surface area (Å²) < 4.78 is 4.97. The fraction of sp³-hybridized carbons (Fsp3) is 0.500. The molecule has 1 saturated heterocycles. The van der Waals surface area contributed by atoms with Crippen LogP contribution in [-0.2, 0) is 4.79 Å². The molecular weight excluding hydrogens is 224 g/mol. The molecule has 92 valence electrons. The number of nitrogen functional groups attached to an aromatic ring is 1. The van der Waals surface area contributed by atoms with E-state index in [1.54, 1.807) is 6.07 Å². The molecule has 0 saturated carbocycles. The van der Waals surface area contributed by atoms with E-state index in [1.165, 1.54) is 12.0 Å². The molecule has 1 aliphatic heterocycles. The maximum atomic E-state index is 11.7. The minimum absolute atomic E-state index is 0.0139. The van der Waals surface area contributed by atoms with Gasteiger partial charge in [0.05, 0.1) is 7.11 Å². The first kappa shape index (κ1) is 11.6. The van der Waals surface area contributed by atoms with Gasteiger partial charge in [0.1, 0.15) is 5.82 Å². The number of amides is 1. The normalized spacial score (nSPS) is 19.8. The third-order valence-corrected chi connectivity index (χ3v) is 2.66. The Morgan fingerprint density at radius 3 is 3.00 bits per heavy atom. The Bertz CT molecular complexity index is 438. The van der Waals surface area contributed by atoms with Gasteiger partial charge in [0, 0.05) is 31.6 Å². The molecule has 1 aromatic rings. The van der Waals surface area contributed by atoms with Crippen LogP contribution in [0.5, 0.6) is 5.88 Å². The number of ether oxygens (including phenoxy) is 1. The Balaban J connectivity index is 2.28. The zero-order valence-corrected chi connectivity index (χ0v) is 9.46. The summed E-state index contributed by atoms with van der Waals surface area (Å²) in [4.78, 5) is 21.1. The number of hydrogen-bond donors (Lipinski definition) is 2. The van der Waals surface area contributed by atoms with Crippen LogP contribution >= 0.6 is 0 Å². The Labute approximate surface area is 98.2 Å². The van der Waals surface area contributed by atoms with E-state index in [1.807, 2.05) is 0 Å². The standard InChI is InChI=1S/C10H14N4O3/c1-17-8-3-7(12-10(11)13-8)14-4-6(5-15)2-9(14)16/h3,6,15H,2,4-5H2,1H3,(H2,11,12,13). The molecule has 17 heavy (non-hydrogen) atoms. The van der Waals surface area contributed by atoms with Crippen LogP contribution in [0.1, 0.15) is 6.42 Å². The zero-order valence-electron chi connectivity index (χ0n) is 9.46. The maximum absolute atomic E-state index is 11.7. The highest BCUT2D eigenvalue weighted by Gasteiger charge is 2.31. The van der Waals surface area contributed by atoms with E-state index in [-0.39, 0.29) is 24.4 Å². The molecule has 1 unspecified atom stereocenters. The van der Waals surface area contributed by atoms with Gasteiger partial charge in [-0.3, -0.25) is 9.69 Å². The second-order valence-corrected chi connectivity index (χ2v) is 3.88.